The molecule has 0 aromatic heterocycles. The lowest BCUT2D eigenvalue weighted by atomic mass is 10.1. The molecule has 162 valence electrons. The molecule has 0 bridgehead atoms. The number of ether oxygens (including phenoxy) is 1. The van der Waals surface area contributed by atoms with E-state index in [1.807, 2.05) is 6.92 Å². The largest absolute Gasteiger partial charge is 0.482 e. The van der Waals surface area contributed by atoms with Crippen LogP contribution in [0.5, 0.6) is 5.75 Å². The summed E-state index contributed by atoms with van der Waals surface area (Å²) >= 11 is 24.5. The van der Waals surface area contributed by atoms with Gasteiger partial charge < -0.3 is 15.0 Å². The number of amides is 2. The molecule has 0 radical (unpaired) electrons. The molecule has 5 nitrogen and oxygen atoms in total. The van der Waals surface area contributed by atoms with Crippen LogP contribution in [-0.4, -0.2) is 35.9 Å². The molecule has 1 atom stereocenters. The maximum atomic E-state index is 13.0. The number of halogens is 4. The van der Waals surface area contributed by atoms with E-state index in [1.165, 1.54) is 11.0 Å². The fraction of sp³-hybridized carbons (Fsp3) is 0.333. The van der Waals surface area contributed by atoms with Crippen LogP contribution in [0, 0.1) is 0 Å². The van der Waals surface area contributed by atoms with Gasteiger partial charge >= 0.3 is 0 Å². The van der Waals surface area contributed by atoms with E-state index in [4.69, 9.17) is 51.1 Å². The molecule has 0 aliphatic carbocycles. The maximum absolute atomic E-state index is 13.0. The average molecular weight is 492 g/mol. The van der Waals surface area contributed by atoms with Crippen molar-refractivity contribution >= 4 is 58.2 Å². The monoisotopic (exact) mass is 490 g/mol. The van der Waals surface area contributed by atoms with Crippen LogP contribution in [0.1, 0.15) is 25.8 Å². The lowest BCUT2D eigenvalue weighted by Crippen LogP contribution is -2.49. The first-order chi connectivity index (χ1) is 14.2. The summed E-state index contributed by atoms with van der Waals surface area (Å²) in [5.41, 5.74) is 0.550. The molecule has 2 aromatic carbocycles. The van der Waals surface area contributed by atoms with E-state index < -0.39 is 11.9 Å². The number of nitrogens with zero attached hydrogens (tertiary/aromatic N) is 1. The Labute approximate surface area is 196 Å². The van der Waals surface area contributed by atoms with Crippen LogP contribution in [0.3, 0.4) is 0 Å². The van der Waals surface area contributed by atoms with Crippen LogP contribution in [0.4, 0.5) is 0 Å². The molecule has 2 rings (SSSR count). The van der Waals surface area contributed by atoms with Crippen molar-refractivity contribution < 1.29 is 14.3 Å². The van der Waals surface area contributed by atoms with E-state index in [0.29, 0.717) is 32.9 Å². The molecule has 0 unspecified atom stereocenters. The zero-order valence-electron chi connectivity index (χ0n) is 16.6. The second kappa shape index (κ2) is 11.7. The molecule has 0 heterocycles. The number of hydrogen-bond acceptors (Lipinski definition) is 3. The van der Waals surface area contributed by atoms with Crippen molar-refractivity contribution in [3.05, 3.63) is 62.1 Å². The quantitative estimate of drug-likeness (QED) is 0.495. The second-order valence-electron chi connectivity index (χ2n) is 6.55. The first-order valence-corrected chi connectivity index (χ1v) is 10.8. The van der Waals surface area contributed by atoms with Crippen molar-refractivity contribution in [2.45, 2.75) is 32.9 Å². The highest BCUT2D eigenvalue weighted by atomic mass is 35.5. The molecule has 0 spiro atoms. The Kier molecular flexibility index (Phi) is 9.56. The Morgan fingerprint density at radius 3 is 2.33 bits per heavy atom. The van der Waals surface area contributed by atoms with E-state index in [1.54, 1.807) is 37.3 Å². The van der Waals surface area contributed by atoms with Gasteiger partial charge in [0.2, 0.25) is 5.91 Å². The van der Waals surface area contributed by atoms with Crippen LogP contribution >= 0.6 is 46.4 Å². The molecule has 0 aliphatic heterocycles. The molecule has 2 amide bonds. The molecule has 1 N–H and O–H groups in total. The highest BCUT2D eigenvalue weighted by molar-refractivity contribution is 6.36. The standard InChI is InChI=1S/C21H22Cl4N2O3/c1-3-9-26-21(29)13(2)27(11-15-16(23)5-4-6-17(15)24)20(28)12-30-19-8-7-14(22)10-18(19)25/h4-8,10,13H,3,9,11-12H2,1-2H3,(H,26,29)/t13-/m1/s1. The summed E-state index contributed by atoms with van der Waals surface area (Å²) in [4.78, 5) is 26.9. The highest BCUT2D eigenvalue weighted by Crippen LogP contribution is 2.29. The normalized spacial score (nSPS) is 11.7. The summed E-state index contributed by atoms with van der Waals surface area (Å²) in [5.74, 6) is -0.387. The van der Waals surface area contributed by atoms with E-state index >= 15 is 0 Å². The summed E-state index contributed by atoms with van der Waals surface area (Å²) in [5, 5.41) is 4.34. The minimum absolute atomic E-state index is 0.0514. The zero-order chi connectivity index (χ0) is 22.3. The van der Waals surface area contributed by atoms with Crippen LogP contribution in [-0.2, 0) is 16.1 Å². The van der Waals surface area contributed by atoms with Gasteiger partial charge in [0.1, 0.15) is 11.8 Å². The third-order valence-corrected chi connectivity index (χ3v) is 5.59. The van der Waals surface area contributed by atoms with Gasteiger partial charge in [0.25, 0.3) is 5.91 Å². The van der Waals surface area contributed by atoms with E-state index in [9.17, 15) is 9.59 Å². The van der Waals surface area contributed by atoms with Gasteiger partial charge in [-0.25, -0.2) is 0 Å². The predicted molar refractivity (Wildman–Crippen MR) is 122 cm³/mol. The maximum Gasteiger partial charge on any atom is 0.261 e. The summed E-state index contributed by atoms with van der Waals surface area (Å²) in [7, 11) is 0. The molecule has 0 aliphatic rings. The van der Waals surface area contributed by atoms with Gasteiger partial charge in [0, 0.05) is 33.7 Å². The summed E-state index contributed by atoms with van der Waals surface area (Å²) < 4.78 is 5.56. The lowest BCUT2D eigenvalue weighted by molar-refractivity contribution is -0.142. The molecule has 0 saturated carbocycles. The Balaban J connectivity index is 2.22. The fourth-order valence-electron chi connectivity index (χ4n) is 2.65. The number of carbonyl (C=O) groups excluding carboxylic acids is 2. The molecule has 0 fully saturated rings. The van der Waals surface area contributed by atoms with E-state index in [2.05, 4.69) is 5.32 Å². The van der Waals surface area contributed by atoms with Crippen LogP contribution < -0.4 is 10.1 Å². The molecule has 0 saturated heterocycles. The first kappa shape index (κ1) is 24.6. The number of hydrogen-bond donors (Lipinski definition) is 1. The third-order valence-electron chi connectivity index (χ3n) is 4.35. The van der Waals surface area contributed by atoms with Gasteiger partial charge in [0.15, 0.2) is 6.61 Å². The minimum Gasteiger partial charge on any atom is -0.482 e. The second-order valence-corrected chi connectivity index (χ2v) is 8.21. The van der Waals surface area contributed by atoms with Crippen molar-refractivity contribution in [1.29, 1.82) is 0 Å². The molecule has 2 aromatic rings. The number of benzene rings is 2. The topological polar surface area (TPSA) is 58.6 Å². The van der Waals surface area contributed by atoms with Crippen LogP contribution in [0.2, 0.25) is 20.1 Å². The van der Waals surface area contributed by atoms with E-state index in [0.717, 1.165) is 6.42 Å². The number of carbonyl (C=O) groups is 2. The van der Waals surface area contributed by atoms with Gasteiger partial charge in [-0.3, -0.25) is 9.59 Å². The minimum atomic E-state index is -0.763. The van der Waals surface area contributed by atoms with Gasteiger partial charge in [-0.05, 0) is 43.7 Å². The lowest BCUT2D eigenvalue weighted by Gasteiger charge is -2.29. The number of nitrogens with one attached hydrogen (secondary N) is 1. The molecule has 9 heteroatoms. The molecular formula is C21H22Cl4N2O3. The van der Waals surface area contributed by atoms with Gasteiger partial charge in [-0.1, -0.05) is 59.4 Å². The van der Waals surface area contributed by atoms with Crippen molar-refractivity contribution in [2.24, 2.45) is 0 Å². The van der Waals surface area contributed by atoms with Crippen molar-refractivity contribution in [3.8, 4) is 5.75 Å². The van der Waals surface area contributed by atoms with Crippen molar-refractivity contribution in [2.75, 3.05) is 13.2 Å². The fourth-order valence-corrected chi connectivity index (χ4v) is 3.63. The summed E-state index contributed by atoms with van der Waals surface area (Å²) in [6, 6.07) is 9.00. The third kappa shape index (κ3) is 6.67. The Morgan fingerprint density at radius 2 is 1.73 bits per heavy atom. The number of rotatable bonds is 9. The SMILES string of the molecule is CCCNC(=O)[C@@H](C)N(Cc1c(Cl)cccc1Cl)C(=O)COc1ccc(Cl)cc1Cl. The summed E-state index contributed by atoms with van der Waals surface area (Å²) in [6.45, 7) is 3.82. The van der Waals surface area contributed by atoms with Crippen molar-refractivity contribution in [3.63, 3.8) is 0 Å². The molecular weight excluding hydrogens is 470 g/mol. The van der Waals surface area contributed by atoms with Crippen LogP contribution in [0.25, 0.3) is 0 Å². The zero-order valence-corrected chi connectivity index (χ0v) is 19.6. The smallest absolute Gasteiger partial charge is 0.261 e. The van der Waals surface area contributed by atoms with E-state index in [-0.39, 0.29) is 24.1 Å². The Morgan fingerprint density at radius 1 is 1.07 bits per heavy atom. The Hall–Kier alpha value is -1.66. The highest BCUT2D eigenvalue weighted by Gasteiger charge is 2.27. The van der Waals surface area contributed by atoms with Crippen molar-refractivity contribution in [1.82, 2.24) is 10.2 Å². The first-order valence-electron chi connectivity index (χ1n) is 9.32. The Bertz CT molecular complexity index is 888. The predicted octanol–water partition coefficient (Wildman–Crippen LogP) is 5.62. The van der Waals surface area contributed by atoms with Gasteiger partial charge in [0.05, 0.1) is 5.02 Å². The average Bonchev–Trinajstić information content (AvgIpc) is 2.70. The summed E-state index contributed by atoms with van der Waals surface area (Å²) in [6.07, 6.45) is 0.779. The van der Waals surface area contributed by atoms with Crippen LogP contribution in [0.15, 0.2) is 36.4 Å². The van der Waals surface area contributed by atoms with Gasteiger partial charge in [-0.15, -0.1) is 0 Å². The molecule has 30 heavy (non-hydrogen) atoms. The van der Waals surface area contributed by atoms with Gasteiger partial charge in [-0.2, -0.15) is 0 Å².